The van der Waals surface area contributed by atoms with Crippen molar-refractivity contribution in [1.82, 2.24) is 10.2 Å². The first-order valence-electron chi connectivity index (χ1n) is 7.44. The molecule has 1 rings (SSSR count). The summed E-state index contributed by atoms with van der Waals surface area (Å²) in [5, 5.41) is 2.32. The van der Waals surface area contributed by atoms with Gasteiger partial charge in [-0.3, -0.25) is 0 Å². The van der Waals surface area contributed by atoms with Crippen molar-refractivity contribution >= 4 is 17.8 Å². The molecular formula is C14H25HgN2O5. The molecule has 7 nitrogen and oxygen atoms in total. The van der Waals surface area contributed by atoms with Gasteiger partial charge < -0.3 is 5.48 Å². The molecule has 123 valence electrons. The largest absolute Gasteiger partial charge is 0.412 e. The average Bonchev–Trinajstić information content (AvgIpc) is 2.43. The Hall–Kier alpha value is -0.535. The van der Waals surface area contributed by atoms with Crippen molar-refractivity contribution in [3.8, 4) is 0 Å². The zero-order chi connectivity index (χ0) is 16.2. The molecule has 0 aromatic carbocycles. The molecule has 0 aromatic heterocycles. The minimum Gasteiger partial charge on any atom is -0.412 e. The minimum atomic E-state index is -1.12. The van der Waals surface area contributed by atoms with E-state index < -0.39 is 17.4 Å². The fourth-order valence-electron chi connectivity index (χ4n) is 2.56. The first-order valence-corrected chi connectivity index (χ1v) is 11.3. The smallest absolute Gasteiger partial charge is 0.412 e. The Morgan fingerprint density at radius 3 is 2.18 bits per heavy atom. The first kappa shape index (κ1) is 21.5. The first-order chi connectivity index (χ1) is 9.82. The Balaban J connectivity index is 0.00000441. The molecule has 1 fully saturated rings. The molecule has 1 aliphatic rings. The van der Waals surface area contributed by atoms with Gasteiger partial charge in [-0.05, 0) is 0 Å². The summed E-state index contributed by atoms with van der Waals surface area (Å²) in [5.74, 6) is -0.866. The number of hydrogen-bond donors (Lipinski definition) is 1. The van der Waals surface area contributed by atoms with Crippen LogP contribution in [0.25, 0.3) is 0 Å². The Labute approximate surface area is 147 Å². The van der Waals surface area contributed by atoms with Gasteiger partial charge in [-0.15, -0.1) is 0 Å². The van der Waals surface area contributed by atoms with Crippen molar-refractivity contribution in [1.29, 1.82) is 0 Å². The summed E-state index contributed by atoms with van der Waals surface area (Å²) in [6.07, 6.45) is 0.684. The molecule has 0 spiro atoms. The Morgan fingerprint density at radius 2 is 1.77 bits per heavy atom. The molecule has 1 saturated heterocycles. The van der Waals surface area contributed by atoms with E-state index in [4.69, 9.17) is 4.74 Å². The van der Waals surface area contributed by atoms with E-state index >= 15 is 0 Å². The second-order valence-corrected chi connectivity index (χ2v) is 7.80. The van der Waals surface area contributed by atoms with Crippen LogP contribution in [0, 0.1) is 5.41 Å². The molecule has 1 aliphatic heterocycles. The predicted molar refractivity (Wildman–Crippen MR) is 76.7 cm³/mol. The molecule has 0 saturated carbocycles. The van der Waals surface area contributed by atoms with Gasteiger partial charge >= 0.3 is 142 Å². The van der Waals surface area contributed by atoms with Crippen molar-refractivity contribution in [2.45, 2.75) is 56.7 Å². The van der Waals surface area contributed by atoms with E-state index in [9.17, 15) is 14.4 Å². The van der Waals surface area contributed by atoms with E-state index in [1.807, 2.05) is 13.8 Å². The van der Waals surface area contributed by atoms with Crippen LogP contribution in [0.1, 0.15) is 40.5 Å². The monoisotopic (exact) mass is 503 g/mol. The number of amides is 4. The van der Waals surface area contributed by atoms with Crippen molar-refractivity contribution in [2.24, 2.45) is 5.41 Å². The number of urea groups is 1. The number of ether oxygens (including phenoxy) is 1. The van der Waals surface area contributed by atoms with Gasteiger partial charge in [-0.25, -0.2) is 0 Å². The maximum Gasteiger partial charge on any atom is -0.412 e. The Morgan fingerprint density at radius 1 is 1.23 bits per heavy atom. The van der Waals surface area contributed by atoms with Crippen LogP contribution in [0.3, 0.4) is 0 Å². The molecule has 0 bridgehead atoms. The van der Waals surface area contributed by atoms with E-state index in [-0.39, 0.29) is 30.1 Å². The fourth-order valence-corrected chi connectivity index (χ4v) is 3.80. The van der Waals surface area contributed by atoms with Crippen molar-refractivity contribution in [2.75, 3.05) is 6.54 Å². The van der Waals surface area contributed by atoms with Gasteiger partial charge in [0.1, 0.15) is 0 Å². The second kappa shape index (κ2) is 8.93. The van der Waals surface area contributed by atoms with Crippen LogP contribution in [0.5, 0.6) is 0 Å². The van der Waals surface area contributed by atoms with Crippen molar-refractivity contribution in [3.63, 3.8) is 0 Å². The number of barbiturate groups is 1. The number of carbonyl (C=O) groups is 3. The van der Waals surface area contributed by atoms with Crippen LogP contribution in [-0.2, 0) is 40.4 Å². The molecule has 0 aliphatic carbocycles. The topological polar surface area (TPSA) is 107 Å². The van der Waals surface area contributed by atoms with Crippen LogP contribution in [-0.4, -0.2) is 47.0 Å². The van der Waals surface area contributed by atoms with Gasteiger partial charge in [0.05, 0.1) is 0 Å². The molecular weight excluding hydrogens is 477 g/mol. The number of nitrogens with one attached hydrogen (secondary N) is 1. The molecule has 1 unspecified atom stereocenters. The number of imide groups is 2. The van der Waals surface area contributed by atoms with Gasteiger partial charge in [0.25, 0.3) is 0 Å². The summed E-state index contributed by atoms with van der Waals surface area (Å²) in [4.78, 5) is 37.9. The van der Waals surface area contributed by atoms with E-state index in [0.29, 0.717) is 39.0 Å². The third kappa shape index (κ3) is 4.26. The zero-order valence-electron chi connectivity index (χ0n) is 13.8. The molecule has 4 amide bonds. The minimum absolute atomic E-state index is 0. The van der Waals surface area contributed by atoms with Gasteiger partial charge in [-0.1, -0.05) is 0 Å². The predicted octanol–water partition coefficient (Wildman–Crippen LogP) is 0.805. The number of carbonyl (C=O) groups excluding carboxylic acids is 3. The van der Waals surface area contributed by atoms with Gasteiger partial charge in [0.15, 0.2) is 0 Å². The van der Waals surface area contributed by atoms with E-state index in [1.165, 1.54) is 0 Å². The third-order valence-corrected chi connectivity index (χ3v) is 6.44. The standard InChI is InChI=1S/C14H23N2O4.Hg.H2O/c1-6-14(7-2)11(17)15-13(19)16(12(14)18)8-10(5)20-9(3)4;;/h9-10H,5-8H2,1-4H3,(H,15,17,19);;1H2. The SMILES string of the molecule is CCC1(CC)C(=O)NC(=O)N(CC([CH2][Hg])OC(C)C)C1=O.O. The number of rotatable bonds is 7. The normalized spacial score (nSPS) is 19.0. The summed E-state index contributed by atoms with van der Waals surface area (Å²) in [5.41, 5.74) is -1.12. The average molecular weight is 502 g/mol. The molecule has 3 N–H and O–H groups in total. The van der Waals surface area contributed by atoms with Gasteiger partial charge in [0.2, 0.25) is 0 Å². The number of nitrogens with zero attached hydrogens (tertiary/aromatic N) is 1. The molecule has 0 radical (unpaired) electrons. The van der Waals surface area contributed by atoms with Crippen LogP contribution < -0.4 is 5.32 Å². The van der Waals surface area contributed by atoms with E-state index in [1.54, 1.807) is 13.8 Å². The summed E-state index contributed by atoms with van der Waals surface area (Å²) in [6, 6.07) is -0.623. The summed E-state index contributed by atoms with van der Waals surface area (Å²) < 4.78 is 6.63. The molecule has 1 heterocycles. The summed E-state index contributed by atoms with van der Waals surface area (Å²) >= 11 is 0.509. The van der Waals surface area contributed by atoms with Crippen molar-refractivity contribution in [3.05, 3.63) is 0 Å². The van der Waals surface area contributed by atoms with Crippen LogP contribution in [0.15, 0.2) is 0 Å². The molecule has 1 atom stereocenters. The second-order valence-electron chi connectivity index (χ2n) is 5.56. The molecule has 8 heteroatoms. The maximum absolute atomic E-state index is 12.7. The van der Waals surface area contributed by atoms with Crippen LogP contribution >= 0.6 is 0 Å². The summed E-state index contributed by atoms with van der Waals surface area (Å²) in [6.45, 7) is 7.68. The van der Waals surface area contributed by atoms with Gasteiger partial charge in [0, 0.05) is 0 Å². The maximum atomic E-state index is 12.7. The van der Waals surface area contributed by atoms with Crippen LogP contribution in [0.4, 0.5) is 4.79 Å². The Bertz CT molecular complexity index is 423. The molecule has 22 heavy (non-hydrogen) atoms. The fraction of sp³-hybridized carbons (Fsp3) is 0.786. The quantitative estimate of drug-likeness (QED) is 0.411. The van der Waals surface area contributed by atoms with Crippen molar-refractivity contribution < 1.29 is 50.7 Å². The van der Waals surface area contributed by atoms with Crippen LogP contribution in [0.2, 0.25) is 3.93 Å². The van der Waals surface area contributed by atoms with Gasteiger partial charge in [-0.2, -0.15) is 0 Å². The third-order valence-electron chi connectivity index (χ3n) is 3.93. The number of hydrogen-bond acceptors (Lipinski definition) is 4. The summed E-state index contributed by atoms with van der Waals surface area (Å²) in [7, 11) is 0. The van der Waals surface area contributed by atoms with E-state index in [2.05, 4.69) is 5.32 Å². The Kier molecular flexibility index (Phi) is 8.71. The van der Waals surface area contributed by atoms with E-state index in [0.717, 1.165) is 8.83 Å². The zero-order valence-corrected chi connectivity index (χ0v) is 19.3. The molecule has 0 aromatic rings.